The first-order valence-electron chi connectivity index (χ1n) is 11.9. The number of hydrogen-bond donors (Lipinski definition) is 0. The van der Waals surface area contributed by atoms with Gasteiger partial charge in [-0.3, -0.25) is 9.98 Å². The van der Waals surface area contributed by atoms with E-state index >= 15 is 0 Å². The van der Waals surface area contributed by atoms with Gasteiger partial charge in [-0.15, -0.1) is 0 Å². The second kappa shape index (κ2) is 18.0. The van der Waals surface area contributed by atoms with Crippen LogP contribution in [0.15, 0.2) is 58.5 Å². The molecule has 0 aliphatic carbocycles. The predicted molar refractivity (Wildman–Crippen MR) is 143 cm³/mol. The van der Waals surface area contributed by atoms with Crippen LogP contribution in [0, 0.1) is 0 Å². The van der Waals surface area contributed by atoms with Crippen LogP contribution in [0.2, 0.25) is 5.02 Å². The van der Waals surface area contributed by atoms with Crippen molar-refractivity contribution in [1.82, 2.24) is 4.98 Å². The van der Waals surface area contributed by atoms with Crippen LogP contribution >= 0.6 is 11.6 Å². The van der Waals surface area contributed by atoms with Gasteiger partial charge in [0.05, 0.1) is 34.2 Å². The van der Waals surface area contributed by atoms with Crippen molar-refractivity contribution >= 4 is 34.4 Å². The van der Waals surface area contributed by atoms with Crippen molar-refractivity contribution in [2.24, 2.45) is 9.98 Å². The Kier molecular flexibility index (Phi) is 18.5. The van der Waals surface area contributed by atoms with Crippen LogP contribution in [0.25, 0.3) is 0 Å². The number of halogens is 4. The van der Waals surface area contributed by atoms with Crippen molar-refractivity contribution in [3.8, 4) is 0 Å². The summed E-state index contributed by atoms with van der Waals surface area (Å²) in [5, 5.41) is 0.637. The van der Waals surface area contributed by atoms with Crippen molar-refractivity contribution in [3.63, 3.8) is 0 Å². The molecule has 0 aliphatic heterocycles. The van der Waals surface area contributed by atoms with Crippen molar-refractivity contribution in [3.05, 3.63) is 87.2 Å². The van der Waals surface area contributed by atoms with Crippen LogP contribution in [0.3, 0.4) is 0 Å². The Morgan fingerprint density at radius 1 is 0.649 bits per heavy atom. The number of pyridine rings is 1. The van der Waals surface area contributed by atoms with E-state index in [0.29, 0.717) is 5.02 Å². The van der Waals surface area contributed by atoms with Crippen molar-refractivity contribution in [2.45, 2.75) is 67.2 Å². The van der Waals surface area contributed by atoms with E-state index in [4.69, 9.17) is 26.6 Å². The van der Waals surface area contributed by atoms with Gasteiger partial charge in [0.1, 0.15) is 0 Å². The Bertz CT molecular complexity index is 1080. The molecule has 3 aromatic rings. The summed E-state index contributed by atoms with van der Waals surface area (Å²) in [6.07, 6.45) is 3.76. The van der Waals surface area contributed by atoms with Gasteiger partial charge in [0.2, 0.25) is 0 Å². The van der Waals surface area contributed by atoms with E-state index in [2.05, 4.69) is 64.1 Å². The van der Waals surface area contributed by atoms with E-state index < -0.39 is 0 Å². The first kappa shape index (κ1) is 37.8. The third-order valence-corrected chi connectivity index (χ3v) is 6.24. The van der Waals surface area contributed by atoms with Gasteiger partial charge in [-0.25, -0.2) is 4.98 Å². The van der Waals surface area contributed by atoms with Gasteiger partial charge >= 0.3 is 18.6 Å². The normalized spacial score (nSPS) is 11.0. The zero-order valence-electron chi connectivity index (χ0n) is 22.2. The molecular weight excluding hydrogens is 583 g/mol. The molecule has 0 saturated heterocycles. The van der Waals surface area contributed by atoms with Gasteiger partial charge in [-0.1, -0.05) is 75.7 Å². The Hall–Kier alpha value is -1.33. The Balaban J connectivity index is 0. The van der Waals surface area contributed by atoms with Gasteiger partial charge < -0.3 is 37.2 Å². The minimum Gasteiger partial charge on any atom is -1.00 e. The van der Waals surface area contributed by atoms with Crippen LogP contribution in [-0.4, -0.2) is 16.4 Å². The molecule has 3 rings (SSSR count). The average Bonchev–Trinajstić information content (AvgIpc) is 2.83. The third kappa shape index (κ3) is 9.42. The largest absolute Gasteiger partial charge is 3.00 e. The second-order valence-corrected chi connectivity index (χ2v) is 8.65. The van der Waals surface area contributed by atoms with E-state index in [0.717, 1.165) is 59.9 Å². The van der Waals surface area contributed by atoms with E-state index in [9.17, 15) is 0 Å². The predicted octanol–water partition coefficient (Wildman–Crippen LogP) is -0.724. The number of nitrogens with zero attached hydrogens (tertiary/aromatic N) is 3. The van der Waals surface area contributed by atoms with Crippen LogP contribution in [0.1, 0.15) is 75.2 Å². The molecule has 8 heteroatoms. The zero-order valence-corrected chi connectivity index (χ0v) is 26.7. The molecule has 0 spiro atoms. The maximum Gasteiger partial charge on any atom is 3.00 e. The van der Waals surface area contributed by atoms with Crippen LogP contribution < -0.4 is 37.2 Å². The van der Waals surface area contributed by atoms with Gasteiger partial charge in [-0.05, 0) is 73.9 Å². The van der Waals surface area contributed by atoms with Crippen LogP contribution in [0.5, 0.6) is 0 Å². The molecule has 0 atom stereocenters. The average molecular weight is 617 g/mol. The van der Waals surface area contributed by atoms with Gasteiger partial charge in [0.25, 0.3) is 0 Å². The monoisotopic (exact) mass is 615 g/mol. The van der Waals surface area contributed by atoms with E-state index in [1.54, 1.807) is 0 Å². The molecule has 0 bridgehead atoms. The molecule has 3 nitrogen and oxygen atoms in total. The van der Waals surface area contributed by atoms with Crippen molar-refractivity contribution in [2.75, 3.05) is 0 Å². The van der Waals surface area contributed by atoms with Gasteiger partial charge in [0.15, 0.2) is 0 Å². The van der Waals surface area contributed by atoms with Crippen molar-refractivity contribution < 1.29 is 55.8 Å². The van der Waals surface area contributed by atoms with E-state index in [1.807, 2.05) is 26.0 Å². The topological polar surface area (TPSA) is 37.6 Å². The number of rotatable bonds is 8. The molecule has 2 aromatic carbocycles. The number of hydrogen-bond acceptors (Lipinski definition) is 3. The Morgan fingerprint density at radius 2 is 0.946 bits per heavy atom. The van der Waals surface area contributed by atoms with Gasteiger partial charge in [0, 0.05) is 5.02 Å². The Morgan fingerprint density at radius 3 is 1.22 bits per heavy atom. The van der Waals surface area contributed by atoms with E-state index in [1.165, 1.54) is 22.3 Å². The molecule has 0 N–H and O–H groups in total. The van der Waals surface area contributed by atoms with Gasteiger partial charge in [-0.2, -0.15) is 0 Å². The number of benzene rings is 2. The number of aliphatic imine (C=N–C) groups is 2. The molecule has 0 amide bonds. The number of aromatic nitrogens is 1. The first-order chi connectivity index (χ1) is 15.9. The Labute approximate surface area is 258 Å². The fourth-order valence-electron chi connectivity index (χ4n) is 4.04. The minimum absolute atomic E-state index is 0. The standard InChI is InChI=1S/C29H34ClN3.3ClH.V/c1-7-21-13-11-14-22(8-2)28(21)31-19(5)26-17-25(30)18-27(33-26)20(6)32-29-23(9-3)15-12-16-24(29)10-4;;;;/h11-18H,7-10H2,1-6H3;3*1H;/q;;;;+3/p-3. The summed E-state index contributed by atoms with van der Waals surface area (Å²) in [6, 6.07) is 16.6. The zero-order chi connectivity index (χ0) is 24.0. The molecule has 0 saturated carbocycles. The fourth-order valence-corrected chi connectivity index (χ4v) is 4.24. The maximum atomic E-state index is 6.53. The quantitative estimate of drug-likeness (QED) is 0.308. The van der Waals surface area contributed by atoms with Crippen LogP contribution in [-0.2, 0) is 44.2 Å². The molecule has 0 fully saturated rings. The maximum absolute atomic E-state index is 6.53. The molecule has 37 heavy (non-hydrogen) atoms. The smallest absolute Gasteiger partial charge is 1.00 e. The summed E-state index contributed by atoms with van der Waals surface area (Å²) < 4.78 is 0. The summed E-state index contributed by atoms with van der Waals surface area (Å²) in [7, 11) is 0. The summed E-state index contributed by atoms with van der Waals surface area (Å²) in [6.45, 7) is 12.7. The molecular formula is C29H34Cl4N3V. The molecule has 0 aliphatic rings. The third-order valence-electron chi connectivity index (χ3n) is 6.02. The summed E-state index contributed by atoms with van der Waals surface area (Å²) >= 11 is 6.53. The van der Waals surface area contributed by atoms with E-state index in [-0.39, 0.29) is 55.8 Å². The first-order valence-corrected chi connectivity index (χ1v) is 12.3. The van der Waals surface area contributed by atoms with Crippen molar-refractivity contribution in [1.29, 1.82) is 0 Å². The summed E-state index contributed by atoms with van der Waals surface area (Å²) in [4.78, 5) is 14.9. The SMILES string of the molecule is CCc1cccc(CC)c1N=C(C)c1cc(Cl)cc(C(C)=Nc2c(CC)cccc2CC)n1.[Cl-].[Cl-].[Cl-].[V+3]. The second-order valence-electron chi connectivity index (χ2n) is 8.21. The summed E-state index contributed by atoms with van der Waals surface area (Å²) in [5.74, 6) is 0. The molecule has 1 aromatic heterocycles. The molecule has 0 unspecified atom stereocenters. The van der Waals surface area contributed by atoms with Crippen LogP contribution in [0.4, 0.5) is 11.4 Å². The molecule has 1 heterocycles. The minimum atomic E-state index is 0. The molecule has 198 valence electrons. The summed E-state index contributed by atoms with van der Waals surface area (Å²) in [5.41, 5.74) is 10.4. The number of para-hydroxylation sites is 2. The fraction of sp³-hybridized carbons (Fsp3) is 0.345. The molecule has 0 radical (unpaired) electrons. The number of aryl methyl sites for hydroxylation is 4.